The first-order valence-corrected chi connectivity index (χ1v) is 2.27. The molecule has 0 aromatic rings. The van der Waals surface area contributed by atoms with Crippen molar-refractivity contribution in [2.45, 2.75) is 0 Å². The Labute approximate surface area is 49.2 Å². The van der Waals surface area contributed by atoms with Crippen LogP contribution < -0.4 is 11.5 Å². The summed E-state index contributed by atoms with van der Waals surface area (Å²) in [4.78, 5) is 0. The molecule has 0 saturated heterocycles. The zero-order valence-electron chi connectivity index (χ0n) is 4.67. The number of nitrogens with two attached hydrogens (primary N) is 2. The van der Waals surface area contributed by atoms with Crippen LogP contribution in [0.2, 0.25) is 0 Å². The molecule has 0 aromatic heterocycles. The normalized spacial score (nSPS) is 12.2. The molecule has 0 spiro atoms. The van der Waals surface area contributed by atoms with Crippen LogP contribution in [0, 0.1) is 0 Å². The van der Waals surface area contributed by atoms with E-state index in [2.05, 4.69) is 6.58 Å². The maximum absolute atomic E-state index is 5.32. The lowest BCUT2D eigenvalue weighted by Gasteiger charge is -1.84. The molecule has 0 rings (SSSR count). The van der Waals surface area contributed by atoms with Crippen molar-refractivity contribution in [1.82, 2.24) is 0 Å². The van der Waals surface area contributed by atoms with Crippen molar-refractivity contribution in [2.75, 3.05) is 0 Å². The van der Waals surface area contributed by atoms with Gasteiger partial charge in [0.05, 0.1) is 0 Å². The van der Waals surface area contributed by atoms with Gasteiger partial charge in [-0.25, -0.2) is 0 Å². The van der Waals surface area contributed by atoms with E-state index in [1.807, 2.05) is 0 Å². The molecule has 0 bridgehead atoms. The summed E-state index contributed by atoms with van der Waals surface area (Å²) in [7, 11) is 0. The van der Waals surface area contributed by atoms with Gasteiger partial charge in [0.15, 0.2) is 0 Å². The van der Waals surface area contributed by atoms with E-state index < -0.39 is 0 Å². The predicted molar refractivity (Wildman–Crippen MR) is 35.8 cm³/mol. The number of rotatable bonds is 2. The topological polar surface area (TPSA) is 52.0 Å². The van der Waals surface area contributed by atoms with Gasteiger partial charge in [-0.1, -0.05) is 12.7 Å². The molecule has 0 aliphatic carbocycles. The summed E-state index contributed by atoms with van der Waals surface area (Å²) >= 11 is 0. The molecule has 8 heavy (non-hydrogen) atoms. The Morgan fingerprint density at radius 3 is 2.50 bits per heavy atom. The van der Waals surface area contributed by atoms with Crippen LogP contribution in [0.3, 0.4) is 0 Å². The van der Waals surface area contributed by atoms with Gasteiger partial charge in [0, 0.05) is 5.70 Å². The fourth-order valence-corrected chi connectivity index (χ4v) is 0.303. The summed E-state index contributed by atoms with van der Waals surface area (Å²) in [6.45, 7) is 3.45. The van der Waals surface area contributed by atoms with Crippen molar-refractivity contribution in [3.05, 3.63) is 36.7 Å². The maximum atomic E-state index is 5.32. The first-order valence-electron chi connectivity index (χ1n) is 2.27. The Morgan fingerprint density at radius 2 is 2.12 bits per heavy atom. The molecule has 0 atom stereocenters. The van der Waals surface area contributed by atoms with Gasteiger partial charge in [0.1, 0.15) is 0 Å². The van der Waals surface area contributed by atoms with Crippen LogP contribution in [0.1, 0.15) is 0 Å². The SMILES string of the molecule is C=C/C=C(N)\C=C\N. The van der Waals surface area contributed by atoms with Crippen LogP contribution in [-0.4, -0.2) is 0 Å². The molecule has 0 radical (unpaired) electrons. The fourth-order valence-electron chi connectivity index (χ4n) is 0.303. The summed E-state index contributed by atoms with van der Waals surface area (Å²) in [5.41, 5.74) is 11.0. The molecule has 2 nitrogen and oxygen atoms in total. The maximum Gasteiger partial charge on any atom is 0.0328 e. The highest BCUT2D eigenvalue weighted by Gasteiger charge is 1.72. The molecule has 2 heteroatoms. The Morgan fingerprint density at radius 1 is 1.50 bits per heavy atom. The van der Waals surface area contributed by atoms with E-state index in [1.54, 1.807) is 18.2 Å². The van der Waals surface area contributed by atoms with E-state index in [0.717, 1.165) is 0 Å². The van der Waals surface area contributed by atoms with Gasteiger partial charge in [-0.2, -0.15) is 0 Å². The molecule has 0 aliphatic heterocycles. The van der Waals surface area contributed by atoms with E-state index >= 15 is 0 Å². The monoisotopic (exact) mass is 110 g/mol. The molecule has 0 fully saturated rings. The predicted octanol–water partition coefficient (Wildman–Crippen LogP) is 0.487. The molecule has 44 valence electrons. The zero-order valence-corrected chi connectivity index (χ0v) is 4.67. The van der Waals surface area contributed by atoms with Crippen LogP contribution in [0.4, 0.5) is 0 Å². The Kier molecular flexibility index (Phi) is 3.40. The lowest BCUT2D eigenvalue weighted by Crippen LogP contribution is -1.92. The third-order valence-electron chi connectivity index (χ3n) is 0.599. The van der Waals surface area contributed by atoms with Crippen LogP contribution in [-0.2, 0) is 0 Å². The average molecular weight is 110 g/mol. The third kappa shape index (κ3) is 3.03. The Bertz CT molecular complexity index is 122. The Hall–Kier alpha value is -1.18. The van der Waals surface area contributed by atoms with E-state index in [9.17, 15) is 0 Å². The fraction of sp³-hybridized carbons (Fsp3) is 0. The number of hydrogen-bond acceptors (Lipinski definition) is 2. The van der Waals surface area contributed by atoms with Gasteiger partial charge < -0.3 is 11.5 Å². The molecule has 0 saturated carbocycles. The molecule has 0 heterocycles. The van der Waals surface area contributed by atoms with Crippen molar-refractivity contribution in [2.24, 2.45) is 11.5 Å². The van der Waals surface area contributed by atoms with Gasteiger partial charge in [0.2, 0.25) is 0 Å². The van der Waals surface area contributed by atoms with Crippen LogP contribution in [0.15, 0.2) is 36.7 Å². The van der Waals surface area contributed by atoms with E-state index in [-0.39, 0.29) is 0 Å². The van der Waals surface area contributed by atoms with Crippen LogP contribution >= 0.6 is 0 Å². The van der Waals surface area contributed by atoms with Crippen molar-refractivity contribution < 1.29 is 0 Å². The van der Waals surface area contributed by atoms with Gasteiger partial charge in [-0.15, -0.1) is 0 Å². The molecule has 0 amide bonds. The lowest BCUT2D eigenvalue weighted by atomic mass is 10.4. The summed E-state index contributed by atoms with van der Waals surface area (Å²) in [6.07, 6.45) is 6.26. The van der Waals surface area contributed by atoms with Crippen molar-refractivity contribution in [1.29, 1.82) is 0 Å². The highest BCUT2D eigenvalue weighted by atomic mass is 14.6. The summed E-state index contributed by atoms with van der Waals surface area (Å²) in [6, 6.07) is 0. The Balaban J connectivity index is 3.79. The van der Waals surface area contributed by atoms with Gasteiger partial charge >= 0.3 is 0 Å². The first kappa shape index (κ1) is 6.82. The van der Waals surface area contributed by atoms with E-state index in [4.69, 9.17) is 11.5 Å². The minimum atomic E-state index is 0.613. The highest BCUT2D eigenvalue weighted by Crippen LogP contribution is 1.82. The summed E-state index contributed by atoms with van der Waals surface area (Å²) in [5.74, 6) is 0. The lowest BCUT2D eigenvalue weighted by molar-refractivity contribution is 1.40. The van der Waals surface area contributed by atoms with Crippen LogP contribution in [0.25, 0.3) is 0 Å². The molecular formula is C6H10N2. The number of allylic oxidation sites excluding steroid dienone is 3. The van der Waals surface area contributed by atoms with Gasteiger partial charge in [-0.3, -0.25) is 0 Å². The average Bonchev–Trinajstić information content (AvgIpc) is 1.68. The highest BCUT2D eigenvalue weighted by molar-refractivity contribution is 5.18. The van der Waals surface area contributed by atoms with Gasteiger partial charge in [-0.05, 0) is 18.4 Å². The summed E-state index contributed by atoms with van der Waals surface area (Å²) < 4.78 is 0. The minimum absolute atomic E-state index is 0.613. The quantitative estimate of drug-likeness (QED) is 0.508. The standard InChI is InChI=1S/C6H10N2/c1-2-3-6(8)4-5-7/h2-5H,1,7-8H2/b5-4+,6-3+. The van der Waals surface area contributed by atoms with Crippen molar-refractivity contribution >= 4 is 0 Å². The molecular weight excluding hydrogens is 100 g/mol. The van der Waals surface area contributed by atoms with Gasteiger partial charge in [0.25, 0.3) is 0 Å². The smallest absolute Gasteiger partial charge is 0.0328 e. The van der Waals surface area contributed by atoms with E-state index in [1.165, 1.54) is 6.20 Å². The third-order valence-corrected chi connectivity index (χ3v) is 0.599. The summed E-state index contributed by atoms with van der Waals surface area (Å²) in [5, 5.41) is 0. The second-order valence-electron chi connectivity index (χ2n) is 1.26. The molecule has 4 N–H and O–H groups in total. The van der Waals surface area contributed by atoms with Crippen LogP contribution in [0.5, 0.6) is 0 Å². The first-order chi connectivity index (χ1) is 3.81. The van der Waals surface area contributed by atoms with E-state index in [0.29, 0.717) is 5.70 Å². The van der Waals surface area contributed by atoms with Crippen molar-refractivity contribution in [3.63, 3.8) is 0 Å². The second kappa shape index (κ2) is 3.99. The number of hydrogen-bond donors (Lipinski definition) is 2. The van der Waals surface area contributed by atoms with Crippen molar-refractivity contribution in [3.8, 4) is 0 Å². The largest absolute Gasteiger partial charge is 0.405 e. The molecule has 0 unspecified atom stereocenters. The molecule has 0 aliphatic rings. The molecule has 0 aromatic carbocycles. The minimum Gasteiger partial charge on any atom is -0.405 e. The second-order valence-corrected chi connectivity index (χ2v) is 1.26. The zero-order chi connectivity index (χ0) is 6.41.